The van der Waals surface area contributed by atoms with E-state index in [1.54, 1.807) is 4.90 Å². The number of thiophene rings is 1. The minimum atomic E-state index is -7.08. The van der Waals surface area contributed by atoms with Crippen LogP contribution in [-0.2, 0) is 90.6 Å². The van der Waals surface area contributed by atoms with Gasteiger partial charge < -0.3 is 27.6 Å². The highest BCUT2D eigenvalue weighted by Crippen LogP contribution is 2.63. The van der Waals surface area contributed by atoms with Gasteiger partial charge in [0.25, 0.3) is 10.0 Å². The van der Waals surface area contributed by atoms with Gasteiger partial charge in [-0.3, -0.25) is 4.79 Å². The molecule has 134 heavy (non-hydrogen) atoms. The van der Waals surface area contributed by atoms with Crippen LogP contribution in [0, 0.1) is 64.1 Å². The van der Waals surface area contributed by atoms with Gasteiger partial charge in [-0.1, -0.05) is 154 Å². The molecule has 8 bridgehead atoms. The predicted octanol–water partition coefficient (Wildman–Crippen LogP) is 23.2. The molecule has 18 nitrogen and oxygen atoms in total. The highest BCUT2D eigenvalue weighted by atomic mass is 32.3. The van der Waals surface area contributed by atoms with E-state index in [0.717, 1.165) is 100 Å². The quantitative estimate of drug-likeness (QED) is 0.0136. The van der Waals surface area contributed by atoms with Crippen LogP contribution in [0.2, 0.25) is 0 Å². The minimum Gasteiger partial charge on any atom is -0.743 e. The van der Waals surface area contributed by atoms with Gasteiger partial charge in [0.1, 0.15) is 30.5 Å². The van der Waals surface area contributed by atoms with E-state index in [2.05, 4.69) is 211 Å². The first-order chi connectivity index (χ1) is 63.5. The van der Waals surface area contributed by atoms with Gasteiger partial charge in [-0.25, -0.2) is 43.3 Å². The van der Waals surface area contributed by atoms with E-state index in [1.165, 1.54) is 130 Å². The second-order valence-corrected chi connectivity index (χ2v) is 50.7. The Morgan fingerprint density at radius 1 is 0.478 bits per heavy atom. The summed E-state index contributed by atoms with van der Waals surface area (Å²) in [5, 5.41) is -13.0. The Bertz CT molecular complexity index is 5820. The lowest BCUT2D eigenvalue weighted by Crippen LogP contribution is -2.64. The summed E-state index contributed by atoms with van der Waals surface area (Å²) in [6, 6.07) is 74.0. The molecule has 12 fully saturated rings. The summed E-state index contributed by atoms with van der Waals surface area (Å²) in [6.07, 6.45) is 25.2. The smallest absolute Gasteiger partial charge is 0.428 e. The number of hydrogen-bond acceptors (Lipinski definition) is 16. The third-order valence-corrected chi connectivity index (χ3v) is 40.2. The molecule has 9 aromatic rings. The Labute approximate surface area is 786 Å². The zero-order valence-electron chi connectivity index (χ0n) is 74.5. The number of benzene rings is 8. The van der Waals surface area contributed by atoms with E-state index in [4.69, 9.17) is 14.2 Å². The number of nitrogens with zero attached hydrogens (tertiary/aromatic N) is 2. The lowest BCUT2D eigenvalue weighted by atomic mass is 9.49. The molecule has 0 radical (unpaired) electrons. The van der Waals surface area contributed by atoms with Crippen molar-refractivity contribution < 1.29 is 115 Å². The van der Waals surface area contributed by atoms with Gasteiger partial charge >= 0.3 is 45.5 Å². The van der Waals surface area contributed by atoms with Crippen LogP contribution >= 0.6 is 10.5 Å². The fourth-order valence-corrected chi connectivity index (χ4v) is 33.3. The van der Waals surface area contributed by atoms with Crippen molar-refractivity contribution >= 4 is 121 Å². The molecule has 2 unspecified atom stereocenters. The fourth-order valence-electron chi connectivity index (χ4n) is 22.2. The molecule has 2 atom stereocenters. The highest BCUT2D eigenvalue weighted by molar-refractivity contribution is 8.12. The number of ether oxygens (including phenoxy) is 4. The highest BCUT2D eigenvalue weighted by Gasteiger charge is 2.81. The molecule has 3 heterocycles. The molecule has 10 aliphatic carbocycles. The van der Waals surface area contributed by atoms with Gasteiger partial charge in [-0.05, 0) is 260 Å². The monoisotopic (exact) mass is 2000 g/mol. The maximum atomic E-state index is 14.3. The van der Waals surface area contributed by atoms with Crippen LogP contribution in [0.15, 0.2) is 226 Å². The van der Waals surface area contributed by atoms with Crippen molar-refractivity contribution in [1.29, 1.82) is 0 Å². The van der Waals surface area contributed by atoms with Crippen molar-refractivity contribution in [3.05, 3.63) is 210 Å². The van der Waals surface area contributed by atoms with Crippen molar-refractivity contribution in [2.75, 3.05) is 57.3 Å². The summed E-state index contributed by atoms with van der Waals surface area (Å²) >= 11 is 0. The zero-order valence-corrected chi connectivity index (χ0v) is 80.2. The molecular weight excluding hydrogens is 1890 g/mol. The summed E-state index contributed by atoms with van der Waals surface area (Å²) < 4.78 is 260. The minimum absolute atomic E-state index is 0.0146. The first-order valence-corrected chi connectivity index (χ1v) is 55.9. The first-order valence-electron chi connectivity index (χ1n) is 45.7. The van der Waals surface area contributed by atoms with Crippen LogP contribution in [0.25, 0.3) is 40.0 Å². The molecular formula is C99H113F10N2O16S7+. The number of carbonyl (C=O) groups excluding carboxylic acids is 3. The molecule has 726 valence electrons. The molecule has 1 aromatic heterocycles. The van der Waals surface area contributed by atoms with Gasteiger partial charge in [0.2, 0.25) is 0 Å². The van der Waals surface area contributed by atoms with Crippen LogP contribution in [0.3, 0.4) is 0 Å². The van der Waals surface area contributed by atoms with Gasteiger partial charge in [0.15, 0.2) is 54.0 Å². The van der Waals surface area contributed by atoms with E-state index in [9.17, 15) is 96.5 Å². The van der Waals surface area contributed by atoms with Crippen molar-refractivity contribution in [3.63, 3.8) is 0 Å². The largest absolute Gasteiger partial charge is 0.743 e. The molecule has 2 aliphatic heterocycles. The summed E-state index contributed by atoms with van der Waals surface area (Å²) in [5.74, 6) is -6.62. The Balaban J connectivity index is 0.000000130. The zero-order chi connectivity index (χ0) is 95.9. The number of fused-ring (bicyclic) bond motifs is 5. The normalized spacial score (nSPS) is 24.3. The third-order valence-electron chi connectivity index (χ3n) is 27.6. The van der Waals surface area contributed by atoms with E-state index < -0.39 is 123 Å². The van der Waals surface area contributed by atoms with Crippen molar-refractivity contribution in [3.8, 4) is 10.6 Å². The molecule has 0 N–H and O–H groups in total. The van der Waals surface area contributed by atoms with E-state index >= 15 is 0 Å². The Hall–Kier alpha value is -7.87. The molecule has 2 saturated heterocycles. The average Bonchev–Trinajstić information content (AvgIpc) is 0.741. The maximum Gasteiger partial charge on any atom is 0.428 e. The van der Waals surface area contributed by atoms with Gasteiger partial charge in [0, 0.05) is 74.6 Å². The number of sulfonamides is 3. The van der Waals surface area contributed by atoms with Gasteiger partial charge in [0.05, 0.1) is 39.5 Å². The summed E-state index contributed by atoms with van der Waals surface area (Å²) in [6.45, 7) is -0.696. The Kier molecular flexibility index (Phi) is 32.3. The lowest BCUT2D eigenvalue weighted by Gasteiger charge is -2.56. The first kappa shape index (κ1) is 102. The number of alkyl halides is 10. The molecule has 35 heteroatoms. The summed E-state index contributed by atoms with van der Waals surface area (Å²) in [7, 11) is -24.4. The maximum absolute atomic E-state index is 14.3. The van der Waals surface area contributed by atoms with Crippen LogP contribution in [0.4, 0.5) is 43.9 Å². The number of rotatable bonds is 24. The number of hydrogen-bond donors (Lipinski definition) is 0. The van der Waals surface area contributed by atoms with Crippen molar-refractivity contribution in [2.24, 2.45) is 64.1 Å². The van der Waals surface area contributed by atoms with Crippen LogP contribution in [0.1, 0.15) is 161 Å². The van der Waals surface area contributed by atoms with Crippen molar-refractivity contribution in [1.82, 2.24) is 4.31 Å². The number of carbonyl (C=O) groups is 3. The lowest BCUT2D eigenvalue weighted by molar-refractivity contribution is -0.244. The second kappa shape index (κ2) is 42.4. The topological polar surface area (TPSA) is 265 Å². The number of halogens is 10. The molecule has 12 aliphatic rings. The molecule has 0 amide bonds. The van der Waals surface area contributed by atoms with E-state index in [-0.39, 0.29) is 56.3 Å². The SMILES string of the molecule is CC(F)(F)C(=O)OCC12CC3CC(CC(C3)C1)C2.CS(=O)(=O)[N-]S(=O)(=O)C(F)(F)C(F)(F)C(F)(F)S(=O)(=O)N1CCC2CCCCC2C1.O=C(OCCOC(=O)C(F)(F)S(=O)(=O)[O-])C12CC3CC(CC(C3)C1)C2.c1ccc(-[s+]2c3ccccc3c3ccccc32)cc1.c1ccc([S+](c2ccccc2)c2ccccc2)cc1.c1ccc2c([S+]3CCCC3)ccc(OCC3CCCCC3)c2c1. The molecule has 8 aromatic carbocycles. The average molecular weight is 2000 g/mol. The van der Waals surface area contributed by atoms with Crippen LogP contribution < -0.4 is 4.74 Å². The van der Waals surface area contributed by atoms with Crippen LogP contribution in [-0.4, -0.2) is 145 Å². The third kappa shape index (κ3) is 23.3. The fraction of sp³-hybridized carbons (Fsp3) is 0.505. The standard InChI is InChI=1S/C21H27OS.C18H13S.C18H15S.C15H20F2O7S.C14H20F2O2.C13H19F6N2O6S3/c1-2-8-17(9-3-1)16-22-20-12-13-21(23-14-6-7-15-23)19-11-5-4-10-18(19)20;1-2-8-14(9-3-1)19-17-12-6-4-10-15(17)16-11-5-7-13-18(16)19;1-4-10-16(11-5-1)19(17-12-6-2-7-13-17)18-14-8-3-9-15-18;16-15(17,25(20,21)22)13(19)24-2-1-23-12(18)14-6-9-3-10(7-14)5-11(4-9)8-14;1-13(15,16)12(17)18-8-14-5-9-2-10(6-14)4-11(3-9)7-14;1-28(22,23)20-29(24,25)12(16,17)11(14,15)13(18,19)30(26,27)21-7-6-9-4-2-3-5-10(9)8-21/h4-5,10-13,17H,1-3,6-9,14-16H2;1-13H;1-15H;9-11H,1-8H2,(H,20,21,22);9-11H,2-8H2,1H3;9-10H,2-8H2,1H3/q3*+1;;;-1/p-1. The van der Waals surface area contributed by atoms with E-state index in [1.807, 2.05) is 0 Å². The van der Waals surface area contributed by atoms with Crippen molar-refractivity contribution in [2.45, 2.75) is 208 Å². The second-order valence-electron chi connectivity index (χ2n) is 37.6. The number of esters is 3. The number of piperidine rings is 1. The predicted molar refractivity (Wildman–Crippen MR) is 499 cm³/mol. The van der Waals surface area contributed by atoms with Gasteiger partial charge in [-0.2, -0.15) is 48.2 Å². The van der Waals surface area contributed by atoms with Crippen LogP contribution in [0.5, 0.6) is 5.75 Å². The van der Waals surface area contributed by atoms with E-state index in [0.29, 0.717) is 54.8 Å². The Morgan fingerprint density at radius 3 is 1.39 bits per heavy atom. The van der Waals surface area contributed by atoms with Gasteiger partial charge in [-0.15, -0.1) is 0 Å². The molecule has 10 saturated carbocycles. The summed E-state index contributed by atoms with van der Waals surface area (Å²) in [5.41, 5.74) is -0.503. The summed E-state index contributed by atoms with van der Waals surface area (Å²) in [4.78, 5) is 41.7. The molecule has 0 spiro atoms. The molecule has 21 rings (SSSR count). The Morgan fingerprint density at radius 2 is 0.910 bits per heavy atom.